The average molecular weight is 375 g/mol. The van der Waals surface area contributed by atoms with E-state index in [1.165, 1.54) is 17.4 Å². The Kier molecular flexibility index (Phi) is 5.66. The molecule has 0 bridgehead atoms. The molecule has 0 aliphatic carbocycles. The molecule has 26 heavy (non-hydrogen) atoms. The molecule has 138 valence electrons. The average Bonchev–Trinajstić information content (AvgIpc) is 3.08. The van der Waals surface area contributed by atoms with Crippen LogP contribution in [-0.2, 0) is 11.3 Å². The Balaban J connectivity index is 1.48. The molecule has 1 aromatic carbocycles. The third kappa shape index (κ3) is 4.27. The number of carbonyl (C=O) groups excluding carboxylic acids is 2. The van der Waals surface area contributed by atoms with E-state index in [0.29, 0.717) is 42.9 Å². The first-order valence-electron chi connectivity index (χ1n) is 8.68. The minimum atomic E-state index is -0.262. The largest absolute Gasteiger partial charge is 0.352 e. The van der Waals surface area contributed by atoms with Gasteiger partial charge in [-0.2, -0.15) is 0 Å². The summed E-state index contributed by atoms with van der Waals surface area (Å²) < 4.78 is 13.6. The first-order chi connectivity index (χ1) is 12.4. The molecule has 1 saturated heterocycles. The Labute approximate surface area is 156 Å². The second kappa shape index (κ2) is 7.95. The molecule has 0 spiro atoms. The summed E-state index contributed by atoms with van der Waals surface area (Å²) in [5.41, 5.74) is 1.34. The van der Waals surface area contributed by atoms with Crippen LogP contribution < -0.4 is 5.32 Å². The Bertz CT molecular complexity index is 813. The minimum Gasteiger partial charge on any atom is -0.352 e. The summed E-state index contributed by atoms with van der Waals surface area (Å²) in [4.78, 5) is 31.3. The Hall–Kier alpha value is -2.28. The predicted octanol–water partition coefficient (Wildman–Crippen LogP) is 3.07. The van der Waals surface area contributed by atoms with Crippen molar-refractivity contribution in [2.45, 2.75) is 33.2 Å². The number of nitrogens with one attached hydrogen (secondary N) is 1. The maximum atomic E-state index is 13.6. The van der Waals surface area contributed by atoms with Crippen LogP contribution in [0.25, 0.3) is 0 Å². The van der Waals surface area contributed by atoms with E-state index in [1.807, 2.05) is 13.0 Å². The number of halogens is 1. The van der Waals surface area contributed by atoms with Crippen molar-refractivity contribution in [2.24, 2.45) is 5.92 Å². The van der Waals surface area contributed by atoms with Crippen LogP contribution in [0.3, 0.4) is 0 Å². The van der Waals surface area contributed by atoms with Gasteiger partial charge in [0.2, 0.25) is 5.91 Å². The molecule has 1 N–H and O–H groups in total. The van der Waals surface area contributed by atoms with Crippen LogP contribution >= 0.6 is 11.3 Å². The first-order valence-corrected chi connectivity index (χ1v) is 9.50. The highest BCUT2D eigenvalue weighted by molar-refractivity contribution is 7.13. The van der Waals surface area contributed by atoms with Crippen molar-refractivity contribution in [3.05, 3.63) is 51.2 Å². The molecule has 2 heterocycles. The van der Waals surface area contributed by atoms with Crippen molar-refractivity contribution >= 4 is 23.2 Å². The van der Waals surface area contributed by atoms with E-state index in [4.69, 9.17) is 0 Å². The topological polar surface area (TPSA) is 62.3 Å². The van der Waals surface area contributed by atoms with Crippen molar-refractivity contribution in [1.29, 1.82) is 0 Å². The van der Waals surface area contributed by atoms with Crippen LogP contribution in [-0.4, -0.2) is 34.8 Å². The zero-order valence-electron chi connectivity index (χ0n) is 14.9. The van der Waals surface area contributed by atoms with Gasteiger partial charge >= 0.3 is 0 Å². The molecule has 0 saturated carbocycles. The molecule has 3 rings (SSSR count). The number of piperidine rings is 1. The number of benzene rings is 1. The van der Waals surface area contributed by atoms with Crippen molar-refractivity contribution in [2.75, 3.05) is 13.1 Å². The maximum Gasteiger partial charge on any atom is 0.265 e. The molecule has 0 unspecified atom stereocenters. The third-order valence-electron chi connectivity index (χ3n) is 4.69. The van der Waals surface area contributed by atoms with E-state index in [-0.39, 0.29) is 23.5 Å². The molecule has 1 aliphatic heterocycles. The zero-order chi connectivity index (χ0) is 18.7. The summed E-state index contributed by atoms with van der Waals surface area (Å²) in [6.45, 7) is 5.02. The maximum absolute atomic E-state index is 13.6. The summed E-state index contributed by atoms with van der Waals surface area (Å²) in [6.07, 6.45) is 2.89. The van der Waals surface area contributed by atoms with Crippen LogP contribution in [0.15, 0.2) is 24.4 Å². The lowest BCUT2D eigenvalue weighted by Gasteiger charge is -2.31. The fourth-order valence-electron chi connectivity index (χ4n) is 3.04. The summed E-state index contributed by atoms with van der Waals surface area (Å²) in [5, 5.41) is 3.75. The normalized spacial score (nSPS) is 15.1. The first kappa shape index (κ1) is 18.5. The van der Waals surface area contributed by atoms with Gasteiger partial charge in [-0.15, -0.1) is 11.3 Å². The van der Waals surface area contributed by atoms with E-state index in [1.54, 1.807) is 24.1 Å². The van der Waals surface area contributed by atoms with E-state index < -0.39 is 0 Å². The van der Waals surface area contributed by atoms with E-state index in [9.17, 15) is 14.0 Å². The molecular weight excluding hydrogens is 353 g/mol. The van der Waals surface area contributed by atoms with Crippen LogP contribution in [0.5, 0.6) is 0 Å². The van der Waals surface area contributed by atoms with Gasteiger partial charge in [-0.25, -0.2) is 9.37 Å². The molecule has 7 heteroatoms. The summed E-state index contributed by atoms with van der Waals surface area (Å²) in [6, 6.07) is 4.98. The Morgan fingerprint density at radius 3 is 2.65 bits per heavy atom. The molecule has 1 aliphatic rings. The SMILES string of the molecule is Cc1ncc(C(=O)N2CCC(C(=O)NCc3ccc(C)c(F)c3)CC2)s1. The van der Waals surface area contributed by atoms with Crippen LogP contribution in [0, 0.1) is 25.6 Å². The molecule has 2 amide bonds. The fourth-order valence-corrected chi connectivity index (χ4v) is 3.79. The predicted molar refractivity (Wildman–Crippen MR) is 98.5 cm³/mol. The highest BCUT2D eigenvalue weighted by Crippen LogP contribution is 2.21. The van der Waals surface area contributed by atoms with E-state index in [0.717, 1.165) is 10.6 Å². The molecule has 2 aromatic rings. The van der Waals surface area contributed by atoms with Crippen LogP contribution in [0.2, 0.25) is 0 Å². The van der Waals surface area contributed by atoms with Gasteiger partial charge in [0.05, 0.1) is 11.2 Å². The summed E-state index contributed by atoms with van der Waals surface area (Å²) in [7, 11) is 0. The zero-order valence-corrected chi connectivity index (χ0v) is 15.7. The van der Waals surface area contributed by atoms with Crippen molar-refractivity contribution in [3.8, 4) is 0 Å². The van der Waals surface area contributed by atoms with Crippen molar-refractivity contribution in [3.63, 3.8) is 0 Å². The molecule has 0 atom stereocenters. The van der Waals surface area contributed by atoms with E-state index in [2.05, 4.69) is 10.3 Å². The van der Waals surface area contributed by atoms with Crippen LogP contribution in [0.4, 0.5) is 4.39 Å². The highest BCUT2D eigenvalue weighted by Gasteiger charge is 2.28. The molecule has 1 aromatic heterocycles. The number of rotatable bonds is 4. The quantitative estimate of drug-likeness (QED) is 0.893. The Morgan fingerprint density at radius 2 is 2.04 bits per heavy atom. The monoisotopic (exact) mass is 375 g/mol. The van der Waals surface area contributed by atoms with Gasteiger partial charge in [0.25, 0.3) is 5.91 Å². The van der Waals surface area contributed by atoms with Crippen molar-refractivity contribution in [1.82, 2.24) is 15.2 Å². The fraction of sp³-hybridized carbons (Fsp3) is 0.421. The number of nitrogens with zero attached hydrogens (tertiary/aromatic N) is 2. The number of aromatic nitrogens is 1. The van der Waals surface area contributed by atoms with Gasteiger partial charge in [0, 0.05) is 25.6 Å². The lowest BCUT2D eigenvalue weighted by molar-refractivity contribution is -0.126. The number of likely N-dealkylation sites (tertiary alicyclic amines) is 1. The van der Waals surface area contributed by atoms with Crippen molar-refractivity contribution < 1.29 is 14.0 Å². The van der Waals surface area contributed by atoms with Gasteiger partial charge in [-0.1, -0.05) is 12.1 Å². The van der Waals surface area contributed by atoms with Gasteiger partial charge in [-0.05, 0) is 43.9 Å². The van der Waals surface area contributed by atoms with Gasteiger partial charge in [0.1, 0.15) is 10.7 Å². The standard InChI is InChI=1S/C19H22FN3O2S/c1-12-3-4-14(9-16(12)20)10-22-18(24)15-5-7-23(8-6-15)19(25)17-11-21-13(2)26-17/h3-4,9,11,15H,5-8,10H2,1-2H3,(H,22,24). The molecule has 1 fully saturated rings. The summed E-state index contributed by atoms with van der Waals surface area (Å²) >= 11 is 1.39. The third-order valence-corrected chi connectivity index (χ3v) is 5.59. The summed E-state index contributed by atoms with van der Waals surface area (Å²) in [5.74, 6) is -0.421. The minimum absolute atomic E-state index is 0.00964. The molecule has 0 radical (unpaired) electrons. The number of aryl methyl sites for hydroxylation is 2. The smallest absolute Gasteiger partial charge is 0.265 e. The number of hydrogen-bond donors (Lipinski definition) is 1. The number of amides is 2. The van der Waals surface area contributed by atoms with Gasteiger partial charge in [-0.3, -0.25) is 9.59 Å². The van der Waals surface area contributed by atoms with E-state index >= 15 is 0 Å². The highest BCUT2D eigenvalue weighted by atomic mass is 32.1. The van der Waals surface area contributed by atoms with Gasteiger partial charge in [0.15, 0.2) is 0 Å². The van der Waals surface area contributed by atoms with Crippen LogP contribution in [0.1, 0.15) is 38.6 Å². The lowest BCUT2D eigenvalue weighted by Crippen LogP contribution is -2.42. The Morgan fingerprint density at radius 1 is 1.31 bits per heavy atom. The number of carbonyl (C=O) groups is 2. The second-order valence-corrected chi connectivity index (χ2v) is 7.85. The molecular formula is C19H22FN3O2S. The van der Waals surface area contributed by atoms with Gasteiger partial charge < -0.3 is 10.2 Å². The second-order valence-electron chi connectivity index (χ2n) is 6.61. The number of thiazole rings is 1. The number of hydrogen-bond acceptors (Lipinski definition) is 4. The molecule has 5 nitrogen and oxygen atoms in total. The lowest BCUT2D eigenvalue weighted by atomic mass is 9.95.